The van der Waals surface area contributed by atoms with E-state index in [0.29, 0.717) is 18.7 Å². The van der Waals surface area contributed by atoms with Crippen LogP contribution in [0.15, 0.2) is 41.3 Å². The van der Waals surface area contributed by atoms with Crippen molar-refractivity contribution in [2.24, 2.45) is 0 Å². The van der Waals surface area contributed by atoms with Crippen LogP contribution in [-0.2, 0) is 11.3 Å². The van der Waals surface area contributed by atoms with Crippen molar-refractivity contribution in [3.8, 4) is 5.69 Å². The summed E-state index contributed by atoms with van der Waals surface area (Å²) in [6.45, 7) is 7.68. The topological polar surface area (TPSA) is 68.8 Å². The van der Waals surface area contributed by atoms with Crippen LogP contribution >= 0.6 is 11.6 Å². The van der Waals surface area contributed by atoms with Gasteiger partial charge in [-0.25, -0.2) is 13.7 Å². The lowest BCUT2D eigenvalue weighted by Gasteiger charge is -2.27. The molecule has 160 valence electrons. The number of benzene rings is 1. The van der Waals surface area contributed by atoms with Crippen molar-refractivity contribution in [2.45, 2.75) is 46.3 Å². The van der Waals surface area contributed by atoms with Crippen molar-refractivity contribution in [3.05, 3.63) is 63.5 Å². The van der Waals surface area contributed by atoms with Gasteiger partial charge >= 0.3 is 6.09 Å². The zero-order chi connectivity index (χ0) is 22.1. The molecule has 0 aliphatic heterocycles. The third-order valence-corrected chi connectivity index (χ3v) is 4.55. The van der Waals surface area contributed by atoms with Gasteiger partial charge < -0.3 is 9.64 Å². The van der Waals surface area contributed by atoms with Gasteiger partial charge in [0, 0.05) is 12.7 Å². The first-order chi connectivity index (χ1) is 14.1. The van der Waals surface area contributed by atoms with Crippen LogP contribution in [0.5, 0.6) is 0 Å². The van der Waals surface area contributed by atoms with Crippen LogP contribution in [0, 0.1) is 5.82 Å². The number of fused-ring (bicyclic) bond motifs is 1. The number of carbonyl (C=O) groups excluding carboxylic acids is 1. The molecule has 2 heterocycles. The standard InChI is InChI=1S/C21H24ClFN4O3/c1-5-10-25(20(29)30-21(2,3)4)13-17-24-26-11-9-16(22)18(26)19(28)27(17)15-8-6-7-14(23)12-15/h6-9,11-12H,5,10,13H2,1-4H3. The number of aromatic nitrogens is 3. The lowest BCUT2D eigenvalue weighted by molar-refractivity contribution is 0.0226. The lowest BCUT2D eigenvalue weighted by Crippen LogP contribution is -2.39. The predicted molar refractivity (Wildman–Crippen MR) is 113 cm³/mol. The molecule has 7 nitrogen and oxygen atoms in total. The summed E-state index contributed by atoms with van der Waals surface area (Å²) < 4.78 is 22.0. The van der Waals surface area contributed by atoms with Gasteiger partial charge in [0.05, 0.1) is 17.3 Å². The molecule has 30 heavy (non-hydrogen) atoms. The highest BCUT2D eigenvalue weighted by atomic mass is 35.5. The van der Waals surface area contributed by atoms with E-state index in [2.05, 4.69) is 5.10 Å². The zero-order valence-corrected chi connectivity index (χ0v) is 18.1. The zero-order valence-electron chi connectivity index (χ0n) is 17.4. The molecule has 0 atom stereocenters. The normalized spacial score (nSPS) is 11.7. The lowest BCUT2D eigenvalue weighted by atomic mass is 10.2. The van der Waals surface area contributed by atoms with E-state index in [-0.39, 0.29) is 22.9 Å². The Hall–Kier alpha value is -2.87. The van der Waals surface area contributed by atoms with Crippen LogP contribution < -0.4 is 5.56 Å². The molecule has 0 bridgehead atoms. The predicted octanol–water partition coefficient (Wildman–Crippen LogP) is 4.42. The molecule has 0 N–H and O–H groups in total. The van der Waals surface area contributed by atoms with Gasteiger partial charge in [0.15, 0.2) is 5.82 Å². The summed E-state index contributed by atoms with van der Waals surface area (Å²) in [6.07, 6.45) is 1.73. The quantitative estimate of drug-likeness (QED) is 0.596. The van der Waals surface area contributed by atoms with Crippen molar-refractivity contribution in [1.29, 1.82) is 0 Å². The molecule has 0 fully saturated rings. The minimum atomic E-state index is -0.670. The molecule has 0 unspecified atom stereocenters. The smallest absolute Gasteiger partial charge is 0.410 e. The summed E-state index contributed by atoms with van der Waals surface area (Å²) in [5.74, 6) is -0.242. The Balaban J connectivity index is 2.15. The number of rotatable bonds is 5. The highest BCUT2D eigenvalue weighted by Gasteiger charge is 2.25. The third-order valence-electron chi connectivity index (χ3n) is 4.25. The van der Waals surface area contributed by atoms with Crippen LogP contribution in [0.4, 0.5) is 9.18 Å². The Morgan fingerprint density at radius 2 is 2.03 bits per heavy atom. The fourth-order valence-electron chi connectivity index (χ4n) is 3.06. The van der Waals surface area contributed by atoms with E-state index in [1.807, 2.05) is 6.92 Å². The molecule has 0 saturated carbocycles. The number of hydrogen-bond acceptors (Lipinski definition) is 4. The number of ether oxygens (including phenoxy) is 1. The van der Waals surface area contributed by atoms with Crippen LogP contribution in [0.1, 0.15) is 39.9 Å². The second kappa shape index (κ2) is 8.47. The summed E-state index contributed by atoms with van der Waals surface area (Å²) >= 11 is 6.17. The van der Waals surface area contributed by atoms with Crippen molar-refractivity contribution in [3.63, 3.8) is 0 Å². The van der Waals surface area contributed by atoms with Gasteiger partial charge in [-0.1, -0.05) is 24.6 Å². The Bertz CT molecular complexity index is 1130. The summed E-state index contributed by atoms with van der Waals surface area (Å²) in [5, 5.41) is 4.72. The maximum absolute atomic E-state index is 13.9. The summed E-state index contributed by atoms with van der Waals surface area (Å²) in [5.41, 5.74) is -0.662. The van der Waals surface area contributed by atoms with E-state index in [1.165, 1.54) is 32.2 Å². The van der Waals surface area contributed by atoms with Crippen molar-refractivity contribution >= 4 is 23.2 Å². The Kier molecular flexibility index (Phi) is 6.17. The summed E-state index contributed by atoms with van der Waals surface area (Å²) in [6, 6.07) is 7.18. The van der Waals surface area contributed by atoms with Crippen LogP contribution in [-0.4, -0.2) is 37.3 Å². The van der Waals surface area contributed by atoms with Gasteiger partial charge in [0.1, 0.15) is 16.9 Å². The third kappa shape index (κ3) is 4.64. The Morgan fingerprint density at radius 1 is 1.30 bits per heavy atom. The molecule has 0 saturated heterocycles. The highest BCUT2D eigenvalue weighted by Crippen LogP contribution is 2.19. The molecule has 0 aliphatic rings. The largest absolute Gasteiger partial charge is 0.444 e. The van der Waals surface area contributed by atoms with Crippen LogP contribution in [0.3, 0.4) is 0 Å². The molecule has 9 heteroatoms. The second-order valence-electron chi connectivity index (χ2n) is 7.90. The fraction of sp³-hybridized carbons (Fsp3) is 0.381. The SMILES string of the molecule is CCCN(Cc1nn2ccc(Cl)c2c(=O)n1-c1cccc(F)c1)C(=O)OC(C)(C)C. The maximum atomic E-state index is 13.9. The average molecular weight is 435 g/mol. The van der Waals surface area contributed by atoms with Gasteiger partial charge in [-0.15, -0.1) is 0 Å². The van der Waals surface area contributed by atoms with E-state index in [9.17, 15) is 14.0 Å². The molecule has 2 aromatic heterocycles. The first kappa shape index (κ1) is 21.8. The molecule has 3 rings (SSSR count). The van der Waals surface area contributed by atoms with Gasteiger partial charge in [-0.05, 0) is 51.5 Å². The number of amides is 1. The molecule has 1 aromatic carbocycles. The summed E-state index contributed by atoms with van der Waals surface area (Å²) in [7, 11) is 0. The molecule has 0 spiro atoms. The fourth-order valence-corrected chi connectivity index (χ4v) is 3.28. The van der Waals surface area contributed by atoms with Crippen molar-refractivity contribution in [2.75, 3.05) is 6.54 Å². The van der Waals surface area contributed by atoms with Crippen molar-refractivity contribution < 1.29 is 13.9 Å². The van der Waals surface area contributed by atoms with E-state index in [1.54, 1.807) is 39.1 Å². The van der Waals surface area contributed by atoms with E-state index in [4.69, 9.17) is 16.3 Å². The molecule has 0 aliphatic carbocycles. The van der Waals surface area contributed by atoms with Crippen LogP contribution in [0.2, 0.25) is 5.02 Å². The maximum Gasteiger partial charge on any atom is 0.410 e. The average Bonchev–Trinajstić information content (AvgIpc) is 3.01. The number of halogens is 2. The second-order valence-corrected chi connectivity index (χ2v) is 8.30. The first-order valence-corrected chi connectivity index (χ1v) is 10.0. The van der Waals surface area contributed by atoms with E-state index < -0.39 is 23.1 Å². The van der Waals surface area contributed by atoms with E-state index in [0.717, 1.165) is 0 Å². The number of carbonyl (C=O) groups is 1. The monoisotopic (exact) mass is 434 g/mol. The van der Waals surface area contributed by atoms with Gasteiger partial charge in [0.2, 0.25) is 0 Å². The molecule has 0 radical (unpaired) electrons. The Morgan fingerprint density at radius 3 is 2.67 bits per heavy atom. The minimum absolute atomic E-state index is 0.000244. The summed E-state index contributed by atoms with van der Waals surface area (Å²) in [4.78, 5) is 27.4. The highest BCUT2D eigenvalue weighted by molar-refractivity contribution is 6.33. The van der Waals surface area contributed by atoms with Gasteiger partial charge in [-0.3, -0.25) is 9.36 Å². The number of nitrogens with zero attached hydrogens (tertiary/aromatic N) is 4. The molecular weight excluding hydrogens is 411 g/mol. The Labute approximate surface area is 178 Å². The minimum Gasteiger partial charge on any atom is -0.444 e. The van der Waals surface area contributed by atoms with E-state index >= 15 is 0 Å². The van der Waals surface area contributed by atoms with Gasteiger partial charge in [0.25, 0.3) is 5.56 Å². The molecule has 3 aromatic rings. The molecular formula is C21H24ClFN4O3. The van der Waals surface area contributed by atoms with Gasteiger partial charge in [-0.2, -0.15) is 5.10 Å². The molecule has 1 amide bonds. The van der Waals surface area contributed by atoms with Crippen LogP contribution in [0.25, 0.3) is 11.2 Å². The first-order valence-electron chi connectivity index (χ1n) is 9.63. The van der Waals surface area contributed by atoms with Crippen molar-refractivity contribution in [1.82, 2.24) is 19.1 Å². The number of hydrogen-bond donors (Lipinski definition) is 0.